The molecule has 0 aromatic heterocycles. The van der Waals surface area contributed by atoms with Crippen molar-refractivity contribution in [1.82, 2.24) is 10.2 Å². The van der Waals surface area contributed by atoms with Gasteiger partial charge in [0.25, 0.3) is 0 Å². The van der Waals surface area contributed by atoms with Gasteiger partial charge in [-0.15, -0.1) is 0 Å². The predicted octanol–water partition coefficient (Wildman–Crippen LogP) is 1.86. The van der Waals surface area contributed by atoms with Crippen molar-refractivity contribution in [3.05, 3.63) is 70.8 Å². The minimum atomic E-state index is -1.36. The van der Waals surface area contributed by atoms with Gasteiger partial charge in [0.2, 0.25) is 5.91 Å². The lowest BCUT2D eigenvalue weighted by Gasteiger charge is -2.39. The third-order valence-corrected chi connectivity index (χ3v) is 7.35. The summed E-state index contributed by atoms with van der Waals surface area (Å²) in [6.07, 6.45) is 4.15. The Morgan fingerprint density at radius 1 is 1.03 bits per heavy atom. The second-order valence-corrected chi connectivity index (χ2v) is 9.54. The molecule has 2 fully saturated rings. The number of nitrogens with zero attached hydrogens (tertiary/aromatic N) is 1. The van der Waals surface area contributed by atoms with E-state index < -0.39 is 18.5 Å². The molecule has 2 aromatic rings. The van der Waals surface area contributed by atoms with Crippen LogP contribution in [0.5, 0.6) is 0 Å². The number of rotatable bonds is 11. The number of benzene rings is 2. The molecule has 1 amide bonds. The van der Waals surface area contributed by atoms with Crippen LogP contribution in [-0.2, 0) is 6.42 Å². The molecule has 3 unspecified atom stereocenters. The summed E-state index contributed by atoms with van der Waals surface area (Å²) in [5.41, 5.74) is 8.76. The number of aliphatic hydroxyl groups excluding tert-OH is 2. The van der Waals surface area contributed by atoms with E-state index >= 15 is 0 Å². The van der Waals surface area contributed by atoms with E-state index in [4.69, 9.17) is 10.8 Å². The number of amides is 1. The molecular weight excluding hydrogens is 430 g/mol. The van der Waals surface area contributed by atoms with Crippen LogP contribution in [0.4, 0.5) is 0 Å². The van der Waals surface area contributed by atoms with Crippen LogP contribution in [0.25, 0.3) is 0 Å². The van der Waals surface area contributed by atoms with Crippen LogP contribution in [0.1, 0.15) is 63.4 Å². The fourth-order valence-corrected chi connectivity index (χ4v) is 5.58. The van der Waals surface area contributed by atoms with Crippen molar-refractivity contribution in [3.8, 4) is 0 Å². The highest BCUT2D eigenvalue weighted by Crippen LogP contribution is 2.42. The topological polar surface area (TPSA) is 116 Å². The van der Waals surface area contributed by atoms with Crippen LogP contribution < -0.4 is 11.1 Å². The Morgan fingerprint density at radius 2 is 1.74 bits per heavy atom. The predicted molar refractivity (Wildman–Crippen MR) is 131 cm³/mol. The van der Waals surface area contributed by atoms with Crippen molar-refractivity contribution in [2.24, 2.45) is 5.73 Å². The third kappa shape index (κ3) is 5.73. The second kappa shape index (κ2) is 11.2. The van der Waals surface area contributed by atoms with Gasteiger partial charge in [0.1, 0.15) is 6.10 Å². The van der Waals surface area contributed by atoms with E-state index in [1.165, 1.54) is 18.4 Å². The molecule has 5 N–H and O–H groups in total. The second-order valence-electron chi connectivity index (χ2n) is 9.54. The molecule has 2 heterocycles. The number of fused-ring (bicyclic) bond motifs is 2. The largest absolute Gasteiger partial charge is 0.393 e. The summed E-state index contributed by atoms with van der Waals surface area (Å²) in [6, 6.07) is 16.2. The van der Waals surface area contributed by atoms with Crippen LogP contribution in [-0.4, -0.2) is 71.2 Å². The van der Waals surface area contributed by atoms with E-state index in [9.17, 15) is 14.7 Å². The van der Waals surface area contributed by atoms with Gasteiger partial charge < -0.3 is 21.3 Å². The molecule has 4 rings (SSSR count). The van der Waals surface area contributed by atoms with Gasteiger partial charge in [-0.3, -0.25) is 14.5 Å². The molecule has 34 heavy (non-hydrogen) atoms. The lowest BCUT2D eigenvalue weighted by Crippen LogP contribution is -2.45. The summed E-state index contributed by atoms with van der Waals surface area (Å²) in [7, 11) is 0. The Balaban J connectivity index is 1.23. The monoisotopic (exact) mass is 465 g/mol. The van der Waals surface area contributed by atoms with Gasteiger partial charge in [0, 0.05) is 36.3 Å². The third-order valence-electron chi connectivity index (χ3n) is 7.35. The molecule has 182 valence electrons. The van der Waals surface area contributed by atoms with Gasteiger partial charge in [-0.05, 0) is 73.9 Å². The average molecular weight is 466 g/mol. The Hall–Kier alpha value is -2.58. The van der Waals surface area contributed by atoms with Gasteiger partial charge >= 0.3 is 0 Å². The summed E-state index contributed by atoms with van der Waals surface area (Å²) in [6.45, 7) is 2.18. The first-order chi connectivity index (χ1) is 16.5. The molecular formula is C27H35N3O4. The Morgan fingerprint density at radius 3 is 2.44 bits per heavy atom. The first-order valence-electron chi connectivity index (χ1n) is 12.2. The Labute approximate surface area is 201 Å². The van der Waals surface area contributed by atoms with Crippen molar-refractivity contribution in [1.29, 1.82) is 0 Å². The lowest BCUT2D eigenvalue weighted by atomic mass is 9.84. The number of carbonyl (C=O) groups excluding carboxylic acids is 2. The summed E-state index contributed by atoms with van der Waals surface area (Å²) in [5, 5.41) is 22.1. The Kier molecular flexibility index (Phi) is 8.11. The molecule has 7 heteroatoms. The van der Waals surface area contributed by atoms with Crippen LogP contribution in [0.15, 0.2) is 48.5 Å². The van der Waals surface area contributed by atoms with Crippen LogP contribution in [0.2, 0.25) is 0 Å². The maximum absolute atomic E-state index is 12.1. The van der Waals surface area contributed by atoms with Gasteiger partial charge in [-0.25, -0.2) is 0 Å². The number of nitrogens with one attached hydrogen (secondary N) is 1. The molecule has 2 bridgehead atoms. The molecule has 0 aliphatic carbocycles. The fraction of sp³-hybridized carbons (Fsp3) is 0.481. The number of piperidine rings is 1. The minimum Gasteiger partial charge on any atom is -0.393 e. The number of ketones is 1. The molecule has 0 saturated carbocycles. The molecule has 2 saturated heterocycles. The molecule has 7 nitrogen and oxygen atoms in total. The molecule has 2 aliphatic rings. The van der Waals surface area contributed by atoms with Crippen molar-refractivity contribution in [2.75, 3.05) is 26.2 Å². The van der Waals surface area contributed by atoms with Crippen molar-refractivity contribution < 1.29 is 19.8 Å². The number of hydrogen-bond donors (Lipinski definition) is 4. The SMILES string of the molecule is NC(=O)c1cccc(C2CC3CCC(C2)N3CCNCCc2cccc(C(=O)C(O)CO)c2)c1. The standard InChI is InChI=1S/C27H35N3O4/c28-27(34)21-6-2-4-19(14-21)22-15-23-7-8-24(16-22)30(23)12-11-29-10-9-18-3-1-5-20(13-18)26(33)25(32)17-31/h1-6,13-14,22-25,29,31-32H,7-12,15-17H2,(H2,28,34). The van der Waals surface area contributed by atoms with Gasteiger partial charge in [0.05, 0.1) is 6.61 Å². The summed E-state index contributed by atoms with van der Waals surface area (Å²) in [4.78, 5) is 26.3. The highest BCUT2D eigenvalue weighted by molar-refractivity contribution is 5.99. The highest BCUT2D eigenvalue weighted by Gasteiger charge is 2.40. The number of nitrogens with two attached hydrogens (primary N) is 1. The van der Waals surface area contributed by atoms with Gasteiger partial charge in [-0.1, -0.05) is 30.3 Å². The van der Waals surface area contributed by atoms with E-state index in [-0.39, 0.29) is 5.91 Å². The number of aliphatic hydroxyl groups is 2. The number of hydrogen-bond acceptors (Lipinski definition) is 6. The minimum absolute atomic E-state index is 0.366. The molecule has 2 aromatic carbocycles. The molecule has 3 atom stereocenters. The van der Waals surface area contributed by atoms with Crippen molar-refractivity contribution in [3.63, 3.8) is 0 Å². The van der Waals surface area contributed by atoms with Gasteiger partial charge in [-0.2, -0.15) is 0 Å². The van der Waals surface area contributed by atoms with E-state index in [1.807, 2.05) is 24.3 Å². The van der Waals surface area contributed by atoms with Crippen molar-refractivity contribution >= 4 is 11.7 Å². The highest BCUT2D eigenvalue weighted by atomic mass is 16.3. The van der Waals surface area contributed by atoms with Crippen LogP contribution in [0.3, 0.4) is 0 Å². The maximum atomic E-state index is 12.1. The molecule has 2 aliphatic heterocycles. The molecule has 0 spiro atoms. The average Bonchev–Trinajstić information content (AvgIpc) is 3.09. The van der Waals surface area contributed by atoms with Crippen LogP contribution in [0, 0.1) is 0 Å². The van der Waals surface area contributed by atoms with E-state index in [0.717, 1.165) is 44.5 Å². The summed E-state index contributed by atoms with van der Waals surface area (Å²) >= 11 is 0. The number of carbonyl (C=O) groups is 2. The zero-order valence-electron chi connectivity index (χ0n) is 19.5. The smallest absolute Gasteiger partial charge is 0.248 e. The van der Waals surface area contributed by atoms with Crippen LogP contribution >= 0.6 is 0 Å². The molecule has 0 radical (unpaired) electrons. The zero-order valence-corrected chi connectivity index (χ0v) is 19.5. The first kappa shape index (κ1) is 24.5. The summed E-state index contributed by atoms with van der Waals surface area (Å²) in [5.74, 6) is -0.327. The van der Waals surface area contributed by atoms with Crippen molar-refractivity contribution in [2.45, 2.75) is 56.2 Å². The first-order valence-corrected chi connectivity index (χ1v) is 12.2. The lowest BCUT2D eigenvalue weighted by molar-refractivity contribution is 0.0587. The normalized spacial score (nSPS) is 23.1. The van der Waals surface area contributed by atoms with Gasteiger partial charge in [0.15, 0.2) is 5.78 Å². The number of primary amides is 1. The van der Waals surface area contributed by atoms with E-state index in [2.05, 4.69) is 16.3 Å². The zero-order chi connectivity index (χ0) is 24.1. The van der Waals surface area contributed by atoms with E-state index in [0.29, 0.717) is 29.1 Å². The Bertz CT molecular complexity index is 997. The quantitative estimate of drug-likeness (QED) is 0.297. The van der Waals surface area contributed by atoms with E-state index in [1.54, 1.807) is 18.2 Å². The maximum Gasteiger partial charge on any atom is 0.248 e. The number of Topliss-reactive ketones (excluding diaryl/α,β-unsaturated/α-hetero) is 1. The summed E-state index contributed by atoms with van der Waals surface area (Å²) < 4.78 is 0. The fourth-order valence-electron chi connectivity index (χ4n) is 5.58.